The lowest BCUT2D eigenvalue weighted by Gasteiger charge is -2.30. The molecule has 0 bridgehead atoms. The lowest BCUT2D eigenvalue weighted by molar-refractivity contribution is -0.116. The van der Waals surface area contributed by atoms with Crippen LogP contribution in [0.2, 0.25) is 5.02 Å². The summed E-state index contributed by atoms with van der Waals surface area (Å²) in [5.41, 5.74) is 6.11. The number of nitrogens with one attached hydrogen (secondary N) is 2. The molecule has 0 saturated heterocycles. The first-order chi connectivity index (χ1) is 14.2. The van der Waals surface area contributed by atoms with Crippen LogP contribution in [0.15, 0.2) is 90.1 Å². The average molecular weight is 401 g/mol. The summed E-state index contributed by atoms with van der Waals surface area (Å²) in [6.45, 7) is 0. The van der Waals surface area contributed by atoms with Crippen molar-refractivity contribution in [1.29, 1.82) is 0 Å². The van der Waals surface area contributed by atoms with Crippen LogP contribution in [0.3, 0.4) is 0 Å². The maximum atomic E-state index is 13.4. The molecule has 2 unspecified atom stereocenters. The van der Waals surface area contributed by atoms with Crippen LogP contribution in [-0.4, -0.2) is 5.78 Å². The van der Waals surface area contributed by atoms with E-state index in [1.807, 2.05) is 54.6 Å². The Kier molecular flexibility index (Phi) is 4.61. The van der Waals surface area contributed by atoms with Gasteiger partial charge in [-0.2, -0.15) is 0 Å². The third-order valence-corrected chi connectivity index (χ3v) is 6.04. The molecule has 0 spiro atoms. The van der Waals surface area contributed by atoms with Crippen molar-refractivity contribution in [2.75, 3.05) is 10.6 Å². The molecule has 1 aliphatic carbocycles. The zero-order valence-corrected chi connectivity index (χ0v) is 16.6. The predicted octanol–water partition coefficient (Wildman–Crippen LogP) is 6.32. The van der Waals surface area contributed by atoms with E-state index in [9.17, 15) is 4.79 Å². The molecule has 3 nitrogen and oxygen atoms in total. The predicted molar refractivity (Wildman–Crippen MR) is 118 cm³/mol. The van der Waals surface area contributed by atoms with E-state index in [4.69, 9.17) is 11.6 Å². The van der Waals surface area contributed by atoms with Crippen LogP contribution in [0, 0.1) is 0 Å². The summed E-state index contributed by atoms with van der Waals surface area (Å²) in [4.78, 5) is 13.4. The van der Waals surface area contributed by atoms with Gasteiger partial charge in [0.25, 0.3) is 0 Å². The van der Waals surface area contributed by atoms with Gasteiger partial charge in [0, 0.05) is 22.7 Å². The number of hydrogen-bond donors (Lipinski definition) is 2. The first kappa shape index (κ1) is 18.0. The molecule has 1 heterocycles. The monoisotopic (exact) mass is 400 g/mol. The summed E-state index contributed by atoms with van der Waals surface area (Å²) in [7, 11) is 0. The van der Waals surface area contributed by atoms with Gasteiger partial charge in [-0.05, 0) is 47.7 Å². The van der Waals surface area contributed by atoms with Crippen LogP contribution in [0.1, 0.15) is 35.9 Å². The second kappa shape index (κ2) is 7.41. The number of allylic oxidation sites excluding steroid dienone is 1. The van der Waals surface area contributed by atoms with E-state index in [-0.39, 0.29) is 17.7 Å². The molecule has 5 rings (SSSR count). The zero-order chi connectivity index (χ0) is 19.8. The molecule has 2 N–H and O–H groups in total. The maximum Gasteiger partial charge on any atom is 0.163 e. The third kappa shape index (κ3) is 3.43. The smallest absolute Gasteiger partial charge is 0.163 e. The fourth-order valence-electron chi connectivity index (χ4n) is 4.36. The number of Topliss-reactive ketones (excluding diaryl/α,β-unsaturated/α-hetero) is 1. The number of anilines is 2. The van der Waals surface area contributed by atoms with Gasteiger partial charge in [-0.25, -0.2) is 0 Å². The Balaban J connectivity index is 1.60. The van der Waals surface area contributed by atoms with Crippen LogP contribution in [0.4, 0.5) is 11.4 Å². The van der Waals surface area contributed by atoms with Crippen molar-refractivity contribution < 1.29 is 4.79 Å². The molecule has 0 amide bonds. The molecule has 2 atom stereocenters. The first-order valence-electron chi connectivity index (χ1n) is 9.88. The van der Waals surface area contributed by atoms with Crippen LogP contribution in [0.5, 0.6) is 0 Å². The van der Waals surface area contributed by atoms with Crippen molar-refractivity contribution in [2.45, 2.75) is 24.8 Å². The van der Waals surface area contributed by atoms with Crippen molar-refractivity contribution >= 4 is 28.8 Å². The molecule has 144 valence electrons. The highest BCUT2D eigenvalue weighted by atomic mass is 35.5. The van der Waals surface area contributed by atoms with E-state index in [1.165, 1.54) is 0 Å². The van der Waals surface area contributed by atoms with Gasteiger partial charge in [0.1, 0.15) is 0 Å². The van der Waals surface area contributed by atoms with Crippen molar-refractivity contribution in [1.82, 2.24) is 0 Å². The van der Waals surface area contributed by atoms with Gasteiger partial charge in [0.15, 0.2) is 5.78 Å². The average Bonchev–Trinajstić information content (AvgIpc) is 2.92. The van der Waals surface area contributed by atoms with E-state index in [2.05, 4.69) is 34.9 Å². The van der Waals surface area contributed by atoms with Crippen LogP contribution in [-0.2, 0) is 4.79 Å². The number of carbonyl (C=O) groups is 1. The van der Waals surface area contributed by atoms with Crippen molar-refractivity contribution in [3.8, 4) is 0 Å². The summed E-state index contributed by atoms with van der Waals surface area (Å²) in [5, 5.41) is 7.90. The van der Waals surface area contributed by atoms with Gasteiger partial charge < -0.3 is 10.6 Å². The molecule has 1 aliphatic heterocycles. The van der Waals surface area contributed by atoms with Gasteiger partial charge >= 0.3 is 0 Å². The molecule has 3 aromatic carbocycles. The Morgan fingerprint density at radius 3 is 2.21 bits per heavy atom. The normalized spacial score (nSPS) is 20.8. The fourth-order valence-corrected chi connectivity index (χ4v) is 4.48. The Morgan fingerprint density at radius 2 is 1.45 bits per heavy atom. The standard InChI is InChI=1S/C25H21ClN2O/c26-19-12-10-16(11-13-19)18-14-22-24(23(29)15-18)25(17-6-2-1-3-7-17)28-21-9-5-4-8-20(21)27-22/h1-13,18,25,27-28H,14-15H2. The highest BCUT2D eigenvalue weighted by Gasteiger charge is 2.35. The van der Waals surface area contributed by atoms with Crippen LogP contribution < -0.4 is 10.6 Å². The minimum atomic E-state index is -0.166. The number of halogens is 1. The summed E-state index contributed by atoms with van der Waals surface area (Å²) in [6.07, 6.45) is 1.30. The molecular formula is C25H21ClN2O. The summed E-state index contributed by atoms with van der Waals surface area (Å²) in [5.74, 6) is 0.334. The van der Waals surface area contributed by atoms with Gasteiger partial charge in [-0.3, -0.25) is 4.79 Å². The second-order valence-electron chi connectivity index (χ2n) is 7.63. The SMILES string of the molecule is O=C1CC(c2ccc(Cl)cc2)CC2=C1C(c1ccccc1)Nc1ccccc1N2. The van der Waals surface area contributed by atoms with Gasteiger partial charge in [0.2, 0.25) is 0 Å². The molecule has 29 heavy (non-hydrogen) atoms. The minimum absolute atomic E-state index is 0.146. The molecule has 2 aliphatic rings. The van der Waals surface area contributed by atoms with E-state index < -0.39 is 0 Å². The number of ketones is 1. The number of benzene rings is 3. The van der Waals surface area contributed by atoms with Crippen molar-refractivity contribution in [3.63, 3.8) is 0 Å². The lowest BCUT2D eigenvalue weighted by atomic mass is 9.78. The number of fused-ring (bicyclic) bond motifs is 1. The second-order valence-corrected chi connectivity index (χ2v) is 8.07. The Morgan fingerprint density at radius 1 is 0.759 bits per heavy atom. The number of rotatable bonds is 2. The van der Waals surface area contributed by atoms with E-state index in [0.717, 1.165) is 40.2 Å². The number of carbonyl (C=O) groups excluding carboxylic acids is 1. The summed E-state index contributed by atoms with van der Waals surface area (Å²) >= 11 is 6.06. The minimum Gasteiger partial charge on any atom is -0.372 e. The first-order valence-corrected chi connectivity index (χ1v) is 10.3. The van der Waals surface area contributed by atoms with Gasteiger partial charge in [-0.15, -0.1) is 0 Å². The quantitative estimate of drug-likeness (QED) is 0.528. The van der Waals surface area contributed by atoms with Crippen molar-refractivity contribution in [2.24, 2.45) is 0 Å². The Labute approximate surface area is 175 Å². The molecule has 0 aromatic heterocycles. The highest BCUT2D eigenvalue weighted by Crippen LogP contribution is 2.44. The van der Waals surface area contributed by atoms with E-state index in [1.54, 1.807) is 0 Å². The molecule has 0 radical (unpaired) electrons. The third-order valence-electron chi connectivity index (χ3n) is 5.78. The fraction of sp³-hybridized carbons (Fsp3) is 0.160. The molecule has 4 heteroatoms. The highest BCUT2D eigenvalue weighted by molar-refractivity contribution is 6.30. The topological polar surface area (TPSA) is 41.1 Å². The Bertz CT molecular complexity index is 1090. The van der Waals surface area contributed by atoms with Crippen molar-refractivity contribution in [3.05, 3.63) is 106 Å². The summed E-state index contributed by atoms with van der Waals surface area (Å²) in [6, 6.07) is 26.0. The molecule has 0 saturated carbocycles. The number of hydrogen-bond acceptors (Lipinski definition) is 3. The summed E-state index contributed by atoms with van der Waals surface area (Å²) < 4.78 is 0. The van der Waals surface area contributed by atoms with E-state index in [0.29, 0.717) is 11.4 Å². The van der Waals surface area contributed by atoms with Crippen LogP contribution in [0.25, 0.3) is 0 Å². The zero-order valence-electron chi connectivity index (χ0n) is 15.9. The number of para-hydroxylation sites is 2. The maximum absolute atomic E-state index is 13.4. The molecular weight excluding hydrogens is 380 g/mol. The Hall–Kier alpha value is -3.04. The lowest BCUT2D eigenvalue weighted by Crippen LogP contribution is -2.26. The largest absolute Gasteiger partial charge is 0.372 e. The van der Waals surface area contributed by atoms with Gasteiger partial charge in [0.05, 0.1) is 17.4 Å². The van der Waals surface area contributed by atoms with E-state index >= 15 is 0 Å². The van der Waals surface area contributed by atoms with Crippen LogP contribution >= 0.6 is 11.6 Å². The van der Waals surface area contributed by atoms with Gasteiger partial charge in [-0.1, -0.05) is 66.2 Å². The molecule has 0 fully saturated rings. The molecule has 3 aromatic rings.